The highest BCUT2D eigenvalue weighted by molar-refractivity contribution is 5.98. The lowest BCUT2D eigenvalue weighted by atomic mass is 9.94. The first-order valence-electron chi connectivity index (χ1n) is 13.2. The number of benzene rings is 1. The smallest absolute Gasteiger partial charge is 0.222 e. The fraction of sp³-hybridized carbons (Fsp3) is 0.379. The first-order chi connectivity index (χ1) is 18.1. The molecule has 2 aliphatic rings. The summed E-state index contributed by atoms with van der Waals surface area (Å²) in [6.07, 6.45) is 10.6. The number of piperazine rings is 1. The number of carbonyl (C=O) groups is 1. The lowest BCUT2D eigenvalue weighted by molar-refractivity contribution is -0.132. The van der Waals surface area contributed by atoms with Crippen LogP contribution in [0.3, 0.4) is 0 Å². The number of carbonyl (C=O) groups excluding carboxylic acids is 1. The molecule has 2 aliphatic heterocycles. The molecule has 0 spiro atoms. The Labute approximate surface area is 229 Å². The third-order valence-corrected chi connectivity index (χ3v) is 7.70. The summed E-state index contributed by atoms with van der Waals surface area (Å²) >= 11 is 0. The van der Waals surface area contributed by atoms with E-state index in [0.29, 0.717) is 18.2 Å². The number of aromatic nitrogens is 4. The van der Waals surface area contributed by atoms with Crippen LogP contribution in [0.25, 0.3) is 33.2 Å². The van der Waals surface area contributed by atoms with E-state index in [0.717, 1.165) is 91.1 Å². The topological polar surface area (TPSA) is 79.2 Å². The molecule has 3 aromatic heterocycles. The number of piperidine rings is 1. The molecule has 0 unspecified atom stereocenters. The van der Waals surface area contributed by atoms with Crippen molar-refractivity contribution >= 4 is 35.0 Å². The SMILES string of the molecule is Cl.Cn1cc(-c2cc(-c3ccc(N4CCN(C(=O)CC5CCNCC5)CC4)nc3)c3cccnc3c2)cn1. The molecule has 8 nitrogen and oxygen atoms in total. The standard InChI is InChI=1S/C29H33N7O.ClH/c1-34-20-24(19-33-34)23-16-26(25-3-2-8-31-27(25)17-23)22-4-5-28(32-18-22)35-11-13-36(14-12-35)29(37)15-21-6-9-30-10-7-21;/h2-5,8,16-21,30H,6-7,9-15H2,1H3;1H. The van der Waals surface area contributed by atoms with Crippen molar-refractivity contribution in [3.8, 4) is 22.3 Å². The number of anilines is 1. The Kier molecular flexibility index (Phi) is 7.90. The first kappa shape index (κ1) is 26.1. The van der Waals surface area contributed by atoms with E-state index >= 15 is 0 Å². The van der Waals surface area contributed by atoms with Gasteiger partial charge in [-0.05, 0) is 73.3 Å². The van der Waals surface area contributed by atoms with E-state index in [1.807, 2.05) is 47.5 Å². The zero-order chi connectivity index (χ0) is 25.2. The number of hydrogen-bond acceptors (Lipinski definition) is 6. The summed E-state index contributed by atoms with van der Waals surface area (Å²) in [6.45, 7) is 5.22. The Morgan fingerprint density at radius 1 is 0.974 bits per heavy atom. The van der Waals surface area contributed by atoms with E-state index in [1.165, 1.54) is 0 Å². The van der Waals surface area contributed by atoms with Gasteiger partial charge in [0.1, 0.15) is 5.82 Å². The fourth-order valence-corrected chi connectivity index (χ4v) is 5.54. The van der Waals surface area contributed by atoms with Crippen LogP contribution in [-0.4, -0.2) is 69.8 Å². The average molecular weight is 532 g/mol. The van der Waals surface area contributed by atoms with E-state index in [-0.39, 0.29) is 12.4 Å². The highest BCUT2D eigenvalue weighted by atomic mass is 35.5. The summed E-state index contributed by atoms with van der Waals surface area (Å²) in [5.74, 6) is 1.80. The molecule has 0 atom stereocenters. The van der Waals surface area contributed by atoms with Crippen LogP contribution < -0.4 is 10.2 Å². The van der Waals surface area contributed by atoms with Crippen molar-refractivity contribution in [1.82, 2.24) is 30.0 Å². The van der Waals surface area contributed by atoms with Gasteiger partial charge in [-0.25, -0.2) is 4.98 Å². The van der Waals surface area contributed by atoms with Crippen molar-refractivity contribution in [3.05, 3.63) is 61.2 Å². The van der Waals surface area contributed by atoms with Gasteiger partial charge in [-0.2, -0.15) is 5.10 Å². The summed E-state index contributed by atoms with van der Waals surface area (Å²) in [6, 6.07) is 12.6. The predicted molar refractivity (Wildman–Crippen MR) is 153 cm³/mol. The number of aryl methyl sites for hydroxylation is 1. The molecule has 2 saturated heterocycles. The van der Waals surface area contributed by atoms with Crippen LogP contribution in [0.15, 0.2) is 61.2 Å². The van der Waals surface area contributed by atoms with Gasteiger partial charge < -0.3 is 15.1 Å². The van der Waals surface area contributed by atoms with E-state index < -0.39 is 0 Å². The summed E-state index contributed by atoms with van der Waals surface area (Å²) in [4.78, 5) is 26.6. The molecule has 0 saturated carbocycles. The van der Waals surface area contributed by atoms with Crippen LogP contribution in [0.4, 0.5) is 5.82 Å². The third kappa shape index (κ3) is 5.51. The predicted octanol–water partition coefficient (Wildman–Crippen LogP) is 4.16. The quantitative estimate of drug-likeness (QED) is 0.416. The number of hydrogen-bond donors (Lipinski definition) is 1. The first-order valence-corrected chi connectivity index (χ1v) is 13.2. The zero-order valence-electron chi connectivity index (χ0n) is 21.7. The number of nitrogens with one attached hydrogen (secondary N) is 1. The molecular formula is C29H34ClN7O. The van der Waals surface area contributed by atoms with Crippen LogP contribution >= 0.6 is 12.4 Å². The minimum atomic E-state index is 0. The third-order valence-electron chi connectivity index (χ3n) is 7.70. The largest absolute Gasteiger partial charge is 0.353 e. The summed E-state index contributed by atoms with van der Waals surface area (Å²) < 4.78 is 1.81. The molecule has 6 rings (SSSR count). The van der Waals surface area contributed by atoms with Gasteiger partial charge >= 0.3 is 0 Å². The highest BCUT2D eigenvalue weighted by Gasteiger charge is 2.25. The number of amides is 1. The average Bonchev–Trinajstić information content (AvgIpc) is 3.39. The number of halogens is 1. The van der Waals surface area contributed by atoms with E-state index in [4.69, 9.17) is 4.98 Å². The number of nitrogens with zero attached hydrogens (tertiary/aromatic N) is 6. The number of fused-ring (bicyclic) bond motifs is 1. The molecule has 9 heteroatoms. The lowest BCUT2D eigenvalue weighted by Gasteiger charge is -2.36. The second kappa shape index (κ2) is 11.5. The molecule has 38 heavy (non-hydrogen) atoms. The van der Waals surface area contributed by atoms with Crippen LogP contribution in [0.2, 0.25) is 0 Å². The Morgan fingerprint density at radius 2 is 1.79 bits per heavy atom. The summed E-state index contributed by atoms with van der Waals surface area (Å²) in [5.41, 5.74) is 5.27. The Hall–Kier alpha value is -3.49. The molecule has 198 valence electrons. The van der Waals surface area contributed by atoms with E-state index in [2.05, 4.69) is 50.6 Å². The molecule has 0 bridgehead atoms. The molecular weight excluding hydrogens is 498 g/mol. The molecule has 1 amide bonds. The Bertz CT molecular complexity index is 1390. The summed E-state index contributed by atoms with van der Waals surface area (Å²) in [5, 5.41) is 8.82. The van der Waals surface area contributed by atoms with Gasteiger partial charge in [-0.1, -0.05) is 6.07 Å². The van der Waals surface area contributed by atoms with E-state index in [1.54, 1.807) is 0 Å². The molecule has 0 radical (unpaired) electrons. The van der Waals surface area contributed by atoms with Crippen LogP contribution in [0.1, 0.15) is 19.3 Å². The normalized spacial score (nSPS) is 16.4. The highest BCUT2D eigenvalue weighted by Crippen LogP contribution is 2.33. The van der Waals surface area contributed by atoms with Crippen molar-refractivity contribution in [2.75, 3.05) is 44.2 Å². The number of rotatable bonds is 5. The molecule has 4 aromatic rings. The fourth-order valence-electron chi connectivity index (χ4n) is 5.54. The van der Waals surface area contributed by atoms with Gasteiger partial charge in [0.2, 0.25) is 5.91 Å². The Balaban J connectivity index is 0.00000294. The van der Waals surface area contributed by atoms with Crippen molar-refractivity contribution in [2.24, 2.45) is 13.0 Å². The molecule has 1 N–H and O–H groups in total. The molecule has 2 fully saturated rings. The maximum absolute atomic E-state index is 12.8. The lowest BCUT2D eigenvalue weighted by Crippen LogP contribution is -2.49. The second-order valence-electron chi connectivity index (χ2n) is 10.2. The minimum absolute atomic E-state index is 0. The molecule has 1 aromatic carbocycles. The second-order valence-corrected chi connectivity index (χ2v) is 10.2. The van der Waals surface area contributed by atoms with Gasteiger partial charge in [0.05, 0.1) is 11.7 Å². The molecule has 5 heterocycles. The van der Waals surface area contributed by atoms with Gasteiger partial charge in [0.15, 0.2) is 0 Å². The summed E-state index contributed by atoms with van der Waals surface area (Å²) in [7, 11) is 1.93. The van der Waals surface area contributed by atoms with Gasteiger partial charge in [-0.3, -0.25) is 14.5 Å². The van der Waals surface area contributed by atoms with Crippen molar-refractivity contribution in [1.29, 1.82) is 0 Å². The number of pyridine rings is 2. The Morgan fingerprint density at radius 3 is 2.50 bits per heavy atom. The zero-order valence-corrected chi connectivity index (χ0v) is 22.5. The monoisotopic (exact) mass is 531 g/mol. The van der Waals surface area contributed by atoms with Gasteiger partial charge in [-0.15, -0.1) is 12.4 Å². The van der Waals surface area contributed by atoms with Gasteiger partial charge in [0, 0.05) is 74.8 Å². The maximum Gasteiger partial charge on any atom is 0.222 e. The van der Waals surface area contributed by atoms with Crippen LogP contribution in [0.5, 0.6) is 0 Å². The maximum atomic E-state index is 12.8. The van der Waals surface area contributed by atoms with E-state index in [9.17, 15) is 4.79 Å². The molecule has 0 aliphatic carbocycles. The van der Waals surface area contributed by atoms with Crippen molar-refractivity contribution in [2.45, 2.75) is 19.3 Å². The minimum Gasteiger partial charge on any atom is -0.353 e. The van der Waals surface area contributed by atoms with Crippen molar-refractivity contribution in [3.63, 3.8) is 0 Å². The van der Waals surface area contributed by atoms with Crippen LogP contribution in [0, 0.1) is 5.92 Å². The van der Waals surface area contributed by atoms with Crippen molar-refractivity contribution < 1.29 is 4.79 Å². The van der Waals surface area contributed by atoms with Gasteiger partial charge in [0.25, 0.3) is 0 Å². The van der Waals surface area contributed by atoms with Crippen LogP contribution in [-0.2, 0) is 11.8 Å².